The molecule has 4 rings (SSSR count). The summed E-state index contributed by atoms with van der Waals surface area (Å²) in [6.07, 6.45) is 0.856. The number of para-hydroxylation sites is 1. The van der Waals surface area contributed by atoms with E-state index < -0.39 is 0 Å². The largest absolute Gasteiger partial charge is 0.482 e. The normalized spacial score (nSPS) is 15.8. The Balaban J connectivity index is 1.61. The molecule has 0 aliphatic carbocycles. The third-order valence-corrected chi connectivity index (χ3v) is 4.54. The maximum absolute atomic E-state index is 12.8. The SMILES string of the molecule is Cc1ccc2c(c1)N(CC(=O)N1CCc3ccccc31)C(=O)CO2. The first-order valence-electron chi connectivity index (χ1n) is 8.05. The van der Waals surface area contributed by atoms with Crippen molar-refractivity contribution in [2.24, 2.45) is 0 Å². The number of fused-ring (bicyclic) bond motifs is 2. The van der Waals surface area contributed by atoms with Crippen LogP contribution < -0.4 is 14.5 Å². The molecule has 0 saturated carbocycles. The third-order valence-electron chi connectivity index (χ3n) is 4.54. The van der Waals surface area contributed by atoms with Crippen LogP contribution >= 0.6 is 0 Å². The van der Waals surface area contributed by atoms with Crippen LogP contribution in [0.3, 0.4) is 0 Å². The van der Waals surface area contributed by atoms with E-state index in [9.17, 15) is 9.59 Å². The number of carbonyl (C=O) groups is 2. The van der Waals surface area contributed by atoms with Gasteiger partial charge < -0.3 is 9.64 Å². The second-order valence-electron chi connectivity index (χ2n) is 6.16. The van der Waals surface area contributed by atoms with Crippen LogP contribution in [-0.4, -0.2) is 31.5 Å². The number of ether oxygens (including phenoxy) is 1. The molecule has 0 saturated heterocycles. The van der Waals surface area contributed by atoms with Gasteiger partial charge in [0.25, 0.3) is 5.91 Å². The smallest absolute Gasteiger partial charge is 0.265 e. The van der Waals surface area contributed by atoms with Gasteiger partial charge in [0.1, 0.15) is 12.3 Å². The minimum atomic E-state index is -0.186. The summed E-state index contributed by atoms with van der Waals surface area (Å²) in [7, 11) is 0. The van der Waals surface area contributed by atoms with Crippen molar-refractivity contribution in [2.45, 2.75) is 13.3 Å². The van der Waals surface area contributed by atoms with Gasteiger partial charge in [0.2, 0.25) is 5.91 Å². The zero-order valence-electron chi connectivity index (χ0n) is 13.5. The summed E-state index contributed by atoms with van der Waals surface area (Å²) in [4.78, 5) is 28.4. The zero-order valence-corrected chi connectivity index (χ0v) is 13.5. The van der Waals surface area contributed by atoms with Gasteiger partial charge in [-0.05, 0) is 42.7 Å². The molecule has 2 amide bonds. The van der Waals surface area contributed by atoms with Gasteiger partial charge in [-0.25, -0.2) is 0 Å². The molecular weight excluding hydrogens is 304 g/mol. The van der Waals surface area contributed by atoms with Crippen LogP contribution in [0.5, 0.6) is 5.75 Å². The van der Waals surface area contributed by atoms with Gasteiger partial charge in [-0.1, -0.05) is 24.3 Å². The zero-order chi connectivity index (χ0) is 16.7. The highest BCUT2D eigenvalue weighted by Crippen LogP contribution is 2.33. The molecule has 0 radical (unpaired) electrons. The molecule has 0 bridgehead atoms. The molecule has 0 spiro atoms. The predicted octanol–water partition coefficient (Wildman–Crippen LogP) is 2.31. The van der Waals surface area contributed by atoms with E-state index in [1.165, 1.54) is 10.5 Å². The first kappa shape index (κ1) is 14.8. The summed E-state index contributed by atoms with van der Waals surface area (Å²) in [5.41, 5.74) is 3.83. The van der Waals surface area contributed by atoms with Gasteiger partial charge in [0.15, 0.2) is 6.61 Å². The summed E-state index contributed by atoms with van der Waals surface area (Å²) in [6, 6.07) is 13.6. The Morgan fingerprint density at radius 2 is 2.00 bits per heavy atom. The van der Waals surface area contributed by atoms with Gasteiger partial charge in [-0.2, -0.15) is 0 Å². The van der Waals surface area contributed by atoms with Crippen molar-refractivity contribution in [3.63, 3.8) is 0 Å². The molecule has 2 aliphatic heterocycles. The number of benzene rings is 2. The van der Waals surface area contributed by atoms with Gasteiger partial charge >= 0.3 is 0 Å². The molecule has 24 heavy (non-hydrogen) atoms. The average molecular weight is 322 g/mol. The lowest BCUT2D eigenvalue weighted by Crippen LogP contribution is -2.46. The lowest BCUT2D eigenvalue weighted by molar-refractivity contribution is -0.124. The summed E-state index contributed by atoms with van der Waals surface area (Å²) in [6.45, 7) is 2.63. The highest BCUT2D eigenvalue weighted by molar-refractivity contribution is 6.06. The fourth-order valence-electron chi connectivity index (χ4n) is 3.30. The minimum absolute atomic E-state index is 0.0278. The minimum Gasteiger partial charge on any atom is -0.482 e. The number of nitrogens with zero attached hydrogens (tertiary/aromatic N) is 2. The maximum atomic E-state index is 12.8. The highest BCUT2D eigenvalue weighted by atomic mass is 16.5. The van der Waals surface area contributed by atoms with Crippen LogP contribution in [0.4, 0.5) is 11.4 Å². The van der Waals surface area contributed by atoms with Crippen LogP contribution in [0, 0.1) is 6.92 Å². The molecule has 2 aromatic rings. The van der Waals surface area contributed by atoms with Gasteiger partial charge in [-0.3, -0.25) is 14.5 Å². The lowest BCUT2D eigenvalue weighted by atomic mass is 10.1. The molecule has 0 aromatic heterocycles. The van der Waals surface area contributed by atoms with E-state index in [2.05, 4.69) is 0 Å². The van der Waals surface area contributed by atoms with E-state index in [4.69, 9.17) is 4.74 Å². The Morgan fingerprint density at radius 3 is 2.88 bits per heavy atom. The van der Waals surface area contributed by atoms with E-state index in [-0.39, 0.29) is 25.0 Å². The number of anilines is 2. The summed E-state index contributed by atoms with van der Waals surface area (Å²) in [5.74, 6) is 0.395. The van der Waals surface area contributed by atoms with E-state index >= 15 is 0 Å². The van der Waals surface area contributed by atoms with Crippen LogP contribution in [0.25, 0.3) is 0 Å². The molecular formula is C19H18N2O3. The van der Waals surface area contributed by atoms with Crippen molar-refractivity contribution >= 4 is 23.2 Å². The van der Waals surface area contributed by atoms with Crippen molar-refractivity contribution in [1.29, 1.82) is 0 Å². The quantitative estimate of drug-likeness (QED) is 0.852. The number of amides is 2. The first-order valence-corrected chi connectivity index (χ1v) is 8.05. The molecule has 0 N–H and O–H groups in total. The van der Waals surface area contributed by atoms with Crippen molar-refractivity contribution in [3.05, 3.63) is 53.6 Å². The van der Waals surface area contributed by atoms with E-state index in [1.54, 1.807) is 4.90 Å². The Kier molecular flexibility index (Phi) is 3.49. The van der Waals surface area contributed by atoms with Crippen molar-refractivity contribution in [3.8, 4) is 5.75 Å². The Hall–Kier alpha value is -2.82. The summed E-state index contributed by atoms with van der Waals surface area (Å²) in [5, 5.41) is 0. The third kappa shape index (κ3) is 2.42. The van der Waals surface area contributed by atoms with E-state index in [0.717, 1.165) is 17.7 Å². The topological polar surface area (TPSA) is 49.9 Å². The number of hydrogen-bond acceptors (Lipinski definition) is 3. The lowest BCUT2D eigenvalue weighted by Gasteiger charge is -2.30. The standard InChI is InChI=1S/C19H18N2O3/c1-13-6-7-17-16(10-13)21(19(23)12-24-17)11-18(22)20-9-8-14-4-2-3-5-15(14)20/h2-7,10H,8-9,11-12H2,1H3. The second-order valence-corrected chi connectivity index (χ2v) is 6.16. The van der Waals surface area contributed by atoms with Gasteiger partial charge in [0.05, 0.1) is 5.69 Å². The predicted molar refractivity (Wildman–Crippen MR) is 91.5 cm³/mol. The van der Waals surface area contributed by atoms with Gasteiger partial charge in [-0.15, -0.1) is 0 Å². The molecule has 0 fully saturated rings. The average Bonchev–Trinajstić information content (AvgIpc) is 3.01. The van der Waals surface area contributed by atoms with Crippen LogP contribution in [0.1, 0.15) is 11.1 Å². The van der Waals surface area contributed by atoms with Crippen molar-refractivity contribution < 1.29 is 14.3 Å². The Morgan fingerprint density at radius 1 is 1.17 bits per heavy atom. The molecule has 2 aliphatic rings. The molecule has 122 valence electrons. The molecule has 5 heteroatoms. The second kappa shape index (κ2) is 5.67. The van der Waals surface area contributed by atoms with Crippen molar-refractivity contribution in [2.75, 3.05) is 29.5 Å². The molecule has 0 unspecified atom stereocenters. The summed E-state index contributed by atoms with van der Waals surface area (Å²) < 4.78 is 5.47. The first-order chi connectivity index (χ1) is 11.6. The van der Waals surface area contributed by atoms with Gasteiger partial charge in [0, 0.05) is 12.2 Å². The number of hydrogen-bond donors (Lipinski definition) is 0. The number of rotatable bonds is 2. The summed E-state index contributed by atoms with van der Waals surface area (Å²) >= 11 is 0. The molecule has 5 nitrogen and oxygen atoms in total. The fourth-order valence-corrected chi connectivity index (χ4v) is 3.30. The van der Waals surface area contributed by atoms with Crippen LogP contribution in [0.2, 0.25) is 0 Å². The molecule has 0 atom stereocenters. The monoisotopic (exact) mass is 322 g/mol. The van der Waals surface area contributed by atoms with Crippen LogP contribution in [-0.2, 0) is 16.0 Å². The van der Waals surface area contributed by atoms with E-state index in [0.29, 0.717) is 18.0 Å². The van der Waals surface area contributed by atoms with Crippen molar-refractivity contribution in [1.82, 2.24) is 0 Å². The maximum Gasteiger partial charge on any atom is 0.265 e. The number of aryl methyl sites for hydroxylation is 1. The Labute approximate surface area is 140 Å². The Bertz CT molecular complexity index is 831. The highest BCUT2D eigenvalue weighted by Gasteiger charge is 2.31. The fraction of sp³-hybridized carbons (Fsp3) is 0.263. The molecule has 2 aromatic carbocycles. The molecule has 2 heterocycles. The number of carbonyl (C=O) groups excluding carboxylic acids is 2. The van der Waals surface area contributed by atoms with E-state index in [1.807, 2.05) is 49.4 Å². The van der Waals surface area contributed by atoms with Crippen LogP contribution in [0.15, 0.2) is 42.5 Å².